The summed E-state index contributed by atoms with van der Waals surface area (Å²) in [6.45, 7) is 5.54. The van der Waals surface area contributed by atoms with E-state index in [1.807, 2.05) is 19.1 Å². The molecule has 96 valence electrons. The number of fused-ring (bicyclic) bond motifs is 1. The van der Waals surface area contributed by atoms with Gasteiger partial charge in [0, 0.05) is 19.1 Å². The number of halogens is 3. The van der Waals surface area contributed by atoms with Crippen molar-refractivity contribution in [2.45, 2.75) is 26.9 Å². The molecule has 0 aliphatic rings. The van der Waals surface area contributed by atoms with Crippen molar-refractivity contribution in [2.75, 3.05) is 0 Å². The molecule has 18 heavy (non-hydrogen) atoms. The van der Waals surface area contributed by atoms with Gasteiger partial charge in [-0.3, -0.25) is 0 Å². The summed E-state index contributed by atoms with van der Waals surface area (Å²) in [7, 11) is 0. The zero-order chi connectivity index (χ0) is 12.6. The number of nitrogens with zero attached hydrogens (tertiary/aromatic N) is 2. The van der Waals surface area contributed by atoms with Gasteiger partial charge in [0.15, 0.2) is 17.6 Å². The number of hydrogen-bond acceptors (Lipinski definition) is 0. The van der Waals surface area contributed by atoms with Crippen LogP contribution in [-0.4, -0.2) is 4.57 Å². The molecule has 1 aromatic carbocycles. The molecule has 0 unspecified atom stereocenters. The first-order valence-corrected chi connectivity index (χ1v) is 6.16. The highest BCUT2D eigenvalue weighted by atomic mass is 79.9. The van der Waals surface area contributed by atoms with Gasteiger partial charge in [0.25, 0.3) is 5.82 Å². The minimum Gasteiger partial charge on any atom is -1.00 e. The third-order valence-electron chi connectivity index (χ3n) is 2.95. The lowest BCUT2D eigenvalue weighted by molar-refractivity contribution is -0.674. The minimum atomic E-state index is 0. The van der Waals surface area contributed by atoms with Gasteiger partial charge in [0.05, 0.1) is 16.6 Å². The molecule has 0 atom stereocenters. The standard InChI is InChI=1S/C13H13Cl2N2.BrH/c1-4-6-17-9(3)16(5-2)12-7-10(14)11(15)8-13(12)17;/h1,7-8H,5-6H2,2-3H3;1H/q+1;/p-1. The van der Waals surface area contributed by atoms with Crippen LogP contribution in [0.1, 0.15) is 12.7 Å². The van der Waals surface area contributed by atoms with E-state index < -0.39 is 0 Å². The predicted molar refractivity (Wildman–Crippen MR) is 71.4 cm³/mol. The summed E-state index contributed by atoms with van der Waals surface area (Å²) < 4.78 is 4.25. The van der Waals surface area contributed by atoms with Crippen LogP contribution >= 0.6 is 23.2 Å². The molecule has 2 nitrogen and oxygen atoms in total. The molecule has 1 aromatic heterocycles. The topological polar surface area (TPSA) is 8.81 Å². The Bertz CT molecular complexity index is 626. The molecule has 0 N–H and O–H groups in total. The highest BCUT2D eigenvalue weighted by Crippen LogP contribution is 2.27. The van der Waals surface area contributed by atoms with Crippen LogP contribution in [-0.2, 0) is 13.1 Å². The van der Waals surface area contributed by atoms with E-state index in [0.717, 1.165) is 23.4 Å². The Morgan fingerprint density at radius 2 is 1.94 bits per heavy atom. The minimum absolute atomic E-state index is 0. The normalized spacial score (nSPS) is 10.2. The number of aromatic nitrogens is 2. The Morgan fingerprint density at radius 3 is 2.50 bits per heavy atom. The molecular weight excluding hydrogens is 335 g/mol. The molecule has 0 aliphatic heterocycles. The maximum atomic E-state index is 6.06. The van der Waals surface area contributed by atoms with Crippen molar-refractivity contribution in [1.82, 2.24) is 4.57 Å². The van der Waals surface area contributed by atoms with E-state index in [-0.39, 0.29) is 17.0 Å². The van der Waals surface area contributed by atoms with Crippen LogP contribution in [0.2, 0.25) is 10.0 Å². The highest BCUT2D eigenvalue weighted by Gasteiger charge is 2.21. The van der Waals surface area contributed by atoms with Crippen molar-refractivity contribution in [1.29, 1.82) is 0 Å². The third-order valence-corrected chi connectivity index (χ3v) is 3.67. The second kappa shape index (κ2) is 5.97. The summed E-state index contributed by atoms with van der Waals surface area (Å²) in [6.07, 6.45) is 5.40. The number of rotatable bonds is 2. The molecule has 0 saturated carbocycles. The Morgan fingerprint density at radius 1 is 1.33 bits per heavy atom. The maximum Gasteiger partial charge on any atom is 0.255 e. The van der Waals surface area contributed by atoms with Crippen LogP contribution < -0.4 is 21.5 Å². The number of terminal acetylenes is 1. The first-order chi connectivity index (χ1) is 8.10. The van der Waals surface area contributed by atoms with E-state index in [2.05, 4.69) is 22.0 Å². The lowest BCUT2D eigenvalue weighted by atomic mass is 10.3. The summed E-state index contributed by atoms with van der Waals surface area (Å²) in [5.74, 6) is 3.77. The van der Waals surface area contributed by atoms with Gasteiger partial charge in [0.2, 0.25) is 0 Å². The monoisotopic (exact) mass is 346 g/mol. The first kappa shape index (κ1) is 15.4. The molecule has 0 radical (unpaired) electrons. The first-order valence-electron chi connectivity index (χ1n) is 5.41. The van der Waals surface area contributed by atoms with E-state index in [9.17, 15) is 0 Å². The van der Waals surface area contributed by atoms with Crippen molar-refractivity contribution >= 4 is 34.2 Å². The summed E-state index contributed by atoms with van der Waals surface area (Å²) >= 11 is 12.1. The van der Waals surface area contributed by atoms with Gasteiger partial charge in [-0.2, -0.15) is 0 Å². The van der Waals surface area contributed by atoms with E-state index in [4.69, 9.17) is 29.6 Å². The molecule has 0 amide bonds. The SMILES string of the molecule is C#CCn1c(C)[n+](CC)c2cc(Cl)c(Cl)cc21.[Br-]. The summed E-state index contributed by atoms with van der Waals surface area (Å²) in [5, 5.41) is 1.12. The number of benzene rings is 1. The largest absolute Gasteiger partial charge is 1.00 e. The predicted octanol–water partition coefficient (Wildman–Crippen LogP) is 0.201. The van der Waals surface area contributed by atoms with Crippen LogP contribution in [0.3, 0.4) is 0 Å². The lowest BCUT2D eigenvalue weighted by Gasteiger charge is -1.95. The number of aryl methyl sites for hydroxylation is 1. The van der Waals surface area contributed by atoms with Crippen molar-refractivity contribution in [3.8, 4) is 12.3 Å². The summed E-state index contributed by atoms with van der Waals surface area (Å²) in [4.78, 5) is 0. The number of hydrogen-bond donors (Lipinski definition) is 0. The zero-order valence-electron chi connectivity index (χ0n) is 10.2. The van der Waals surface area contributed by atoms with Crippen molar-refractivity contribution in [2.24, 2.45) is 0 Å². The fraction of sp³-hybridized carbons (Fsp3) is 0.308. The highest BCUT2D eigenvalue weighted by molar-refractivity contribution is 6.42. The van der Waals surface area contributed by atoms with Gasteiger partial charge < -0.3 is 17.0 Å². The van der Waals surface area contributed by atoms with E-state index in [0.29, 0.717) is 16.6 Å². The number of imidazole rings is 1. The van der Waals surface area contributed by atoms with Crippen LogP contribution in [0, 0.1) is 19.3 Å². The van der Waals surface area contributed by atoms with Crippen molar-refractivity contribution in [3.05, 3.63) is 28.0 Å². The fourth-order valence-corrected chi connectivity index (χ4v) is 2.46. The van der Waals surface area contributed by atoms with Crippen molar-refractivity contribution in [3.63, 3.8) is 0 Å². The second-order valence-corrected chi connectivity index (χ2v) is 4.65. The van der Waals surface area contributed by atoms with Crippen LogP contribution in [0.4, 0.5) is 0 Å². The molecule has 1 heterocycles. The Labute approximate surface area is 127 Å². The molecule has 0 spiro atoms. The Balaban J connectivity index is 0.00000162. The van der Waals surface area contributed by atoms with Crippen LogP contribution in [0.15, 0.2) is 12.1 Å². The van der Waals surface area contributed by atoms with E-state index in [1.165, 1.54) is 0 Å². The smallest absolute Gasteiger partial charge is 0.255 e. The van der Waals surface area contributed by atoms with Gasteiger partial charge in [-0.15, -0.1) is 6.42 Å². The molecule has 0 bridgehead atoms. The molecule has 0 saturated heterocycles. The van der Waals surface area contributed by atoms with Gasteiger partial charge in [-0.05, 0) is 6.92 Å². The van der Waals surface area contributed by atoms with Gasteiger partial charge in [0.1, 0.15) is 0 Å². The molecule has 5 heteroatoms. The molecule has 2 rings (SSSR count). The Kier molecular flexibility index (Phi) is 5.10. The average molecular weight is 348 g/mol. The molecule has 2 aromatic rings. The Hall–Kier alpha value is -0.690. The maximum absolute atomic E-state index is 6.06. The summed E-state index contributed by atoms with van der Waals surface area (Å²) in [5.41, 5.74) is 2.09. The quantitative estimate of drug-likeness (QED) is 0.542. The lowest BCUT2D eigenvalue weighted by Crippen LogP contribution is -3.00. The summed E-state index contributed by atoms with van der Waals surface area (Å²) in [6, 6.07) is 3.76. The average Bonchev–Trinajstić information content (AvgIpc) is 2.54. The molecule has 0 fully saturated rings. The van der Waals surface area contributed by atoms with Crippen molar-refractivity contribution < 1.29 is 21.5 Å². The van der Waals surface area contributed by atoms with E-state index in [1.54, 1.807) is 0 Å². The molecular formula is C13H13BrCl2N2. The van der Waals surface area contributed by atoms with Gasteiger partial charge in [-0.1, -0.05) is 29.1 Å². The van der Waals surface area contributed by atoms with E-state index >= 15 is 0 Å². The third kappa shape index (κ3) is 2.38. The molecule has 0 aliphatic carbocycles. The second-order valence-electron chi connectivity index (χ2n) is 3.84. The van der Waals surface area contributed by atoms with Crippen LogP contribution in [0.5, 0.6) is 0 Å². The zero-order valence-corrected chi connectivity index (χ0v) is 13.3. The van der Waals surface area contributed by atoms with Gasteiger partial charge in [-0.25, -0.2) is 9.13 Å². The fourth-order valence-electron chi connectivity index (χ4n) is 2.14. The van der Waals surface area contributed by atoms with Crippen LogP contribution in [0.25, 0.3) is 11.0 Å². The van der Waals surface area contributed by atoms with Gasteiger partial charge >= 0.3 is 0 Å².